The number of likely N-dealkylation sites (tertiary alicyclic amines) is 1. The first-order valence-corrected chi connectivity index (χ1v) is 7.42. The molecule has 1 fully saturated rings. The van der Waals surface area contributed by atoms with Crippen molar-refractivity contribution >= 4 is 11.9 Å². The van der Waals surface area contributed by atoms with Crippen LogP contribution in [0.5, 0.6) is 5.75 Å². The van der Waals surface area contributed by atoms with Gasteiger partial charge in [0, 0.05) is 13.6 Å². The highest BCUT2D eigenvalue weighted by Gasteiger charge is 2.29. The maximum Gasteiger partial charge on any atom is 0.337 e. The Balaban J connectivity index is 1.86. The van der Waals surface area contributed by atoms with Crippen LogP contribution in [-0.4, -0.2) is 56.7 Å². The van der Waals surface area contributed by atoms with Crippen LogP contribution < -0.4 is 10.1 Å². The molecule has 0 aromatic heterocycles. The van der Waals surface area contributed by atoms with Gasteiger partial charge in [0.1, 0.15) is 12.4 Å². The molecule has 2 rings (SSSR count). The number of esters is 1. The zero-order chi connectivity index (χ0) is 15.9. The largest absolute Gasteiger partial charge is 0.492 e. The van der Waals surface area contributed by atoms with Crippen LogP contribution in [0.3, 0.4) is 0 Å². The van der Waals surface area contributed by atoms with Gasteiger partial charge in [-0.2, -0.15) is 0 Å². The van der Waals surface area contributed by atoms with Gasteiger partial charge in [0.25, 0.3) is 0 Å². The lowest BCUT2D eigenvalue weighted by Gasteiger charge is -2.22. The van der Waals surface area contributed by atoms with E-state index < -0.39 is 0 Å². The second-order valence-corrected chi connectivity index (χ2v) is 5.18. The van der Waals surface area contributed by atoms with E-state index in [9.17, 15) is 9.59 Å². The summed E-state index contributed by atoms with van der Waals surface area (Å²) in [6.07, 6.45) is 1.91. The minimum absolute atomic E-state index is 0.0602. The first-order chi connectivity index (χ1) is 10.7. The van der Waals surface area contributed by atoms with E-state index in [2.05, 4.69) is 15.0 Å². The minimum Gasteiger partial charge on any atom is -0.492 e. The Bertz CT molecular complexity index is 533. The molecule has 1 aromatic rings. The number of nitrogens with one attached hydrogen (secondary N) is 1. The summed E-state index contributed by atoms with van der Waals surface area (Å²) in [6, 6.07) is 6.83. The average Bonchev–Trinajstić information content (AvgIpc) is 3.02. The Labute approximate surface area is 130 Å². The van der Waals surface area contributed by atoms with E-state index in [1.807, 2.05) is 0 Å². The topological polar surface area (TPSA) is 67.9 Å². The number of methoxy groups -OCH3 is 1. The molecule has 1 amide bonds. The van der Waals surface area contributed by atoms with Crippen LogP contribution in [0.4, 0.5) is 0 Å². The molecular weight excluding hydrogens is 284 g/mol. The van der Waals surface area contributed by atoms with E-state index in [4.69, 9.17) is 4.74 Å². The number of carbonyl (C=O) groups is 2. The van der Waals surface area contributed by atoms with E-state index in [-0.39, 0.29) is 17.9 Å². The second-order valence-electron chi connectivity index (χ2n) is 5.18. The second kappa shape index (κ2) is 7.79. The fourth-order valence-corrected chi connectivity index (χ4v) is 2.67. The summed E-state index contributed by atoms with van der Waals surface area (Å²) in [5, 5.41) is 2.70. The molecule has 1 N–H and O–H groups in total. The molecular formula is C16H22N2O4. The standard InChI is InChI=1S/C16H22N2O4/c1-17-15(19)14-7-4-8-18(14)9-10-22-13-6-3-5-12(11-13)16(20)21-2/h3,5-6,11,14H,4,7-10H2,1-2H3,(H,17,19). The van der Waals surface area contributed by atoms with Gasteiger partial charge >= 0.3 is 5.97 Å². The Morgan fingerprint density at radius 1 is 1.41 bits per heavy atom. The van der Waals surface area contributed by atoms with Crippen LogP contribution in [0.25, 0.3) is 0 Å². The number of carbonyl (C=O) groups excluding carboxylic acids is 2. The van der Waals surface area contributed by atoms with Gasteiger partial charge in [0.05, 0.1) is 18.7 Å². The number of amides is 1. The first-order valence-electron chi connectivity index (χ1n) is 7.42. The van der Waals surface area contributed by atoms with Crippen LogP contribution in [0.1, 0.15) is 23.2 Å². The lowest BCUT2D eigenvalue weighted by atomic mass is 10.2. The molecule has 120 valence electrons. The number of rotatable bonds is 6. The fraction of sp³-hybridized carbons (Fsp3) is 0.500. The zero-order valence-electron chi connectivity index (χ0n) is 13.0. The van der Waals surface area contributed by atoms with Crippen molar-refractivity contribution in [1.82, 2.24) is 10.2 Å². The normalized spacial score (nSPS) is 18.0. The van der Waals surface area contributed by atoms with Crippen molar-refractivity contribution in [2.24, 2.45) is 0 Å². The highest BCUT2D eigenvalue weighted by molar-refractivity contribution is 5.89. The molecule has 0 aliphatic carbocycles. The number of hydrogen-bond donors (Lipinski definition) is 1. The Morgan fingerprint density at radius 3 is 2.95 bits per heavy atom. The third-order valence-electron chi connectivity index (χ3n) is 3.82. The summed E-state index contributed by atoms with van der Waals surface area (Å²) in [6.45, 7) is 2.06. The number of benzene rings is 1. The first kappa shape index (κ1) is 16.3. The molecule has 1 heterocycles. The van der Waals surface area contributed by atoms with Crippen LogP contribution in [0.2, 0.25) is 0 Å². The lowest BCUT2D eigenvalue weighted by molar-refractivity contribution is -0.125. The molecule has 1 aliphatic rings. The third kappa shape index (κ3) is 3.98. The Hall–Kier alpha value is -2.08. The van der Waals surface area contributed by atoms with Crippen molar-refractivity contribution < 1.29 is 19.1 Å². The van der Waals surface area contributed by atoms with E-state index in [0.29, 0.717) is 24.5 Å². The maximum atomic E-state index is 11.8. The smallest absolute Gasteiger partial charge is 0.337 e. The molecule has 1 aromatic carbocycles. The van der Waals surface area contributed by atoms with Crippen LogP contribution in [0.15, 0.2) is 24.3 Å². The lowest BCUT2D eigenvalue weighted by Crippen LogP contribution is -2.43. The SMILES string of the molecule is CNC(=O)C1CCCN1CCOc1cccc(C(=O)OC)c1. The van der Waals surface area contributed by atoms with Crippen molar-refractivity contribution in [2.45, 2.75) is 18.9 Å². The average molecular weight is 306 g/mol. The van der Waals surface area contributed by atoms with Gasteiger partial charge in [0.2, 0.25) is 5.91 Å². The number of nitrogens with zero attached hydrogens (tertiary/aromatic N) is 1. The minimum atomic E-state index is -0.385. The molecule has 0 radical (unpaired) electrons. The molecule has 1 aliphatic heterocycles. The highest BCUT2D eigenvalue weighted by Crippen LogP contribution is 2.18. The summed E-state index contributed by atoms with van der Waals surface area (Å²) < 4.78 is 10.4. The molecule has 1 saturated heterocycles. The molecule has 0 spiro atoms. The van der Waals surface area contributed by atoms with E-state index in [1.54, 1.807) is 31.3 Å². The van der Waals surface area contributed by atoms with Gasteiger partial charge in [-0.3, -0.25) is 9.69 Å². The van der Waals surface area contributed by atoms with Gasteiger partial charge in [-0.05, 0) is 37.6 Å². The molecule has 6 nitrogen and oxygen atoms in total. The highest BCUT2D eigenvalue weighted by atomic mass is 16.5. The summed E-state index contributed by atoms with van der Waals surface area (Å²) in [7, 11) is 3.01. The molecule has 22 heavy (non-hydrogen) atoms. The summed E-state index contributed by atoms with van der Waals surface area (Å²) >= 11 is 0. The summed E-state index contributed by atoms with van der Waals surface area (Å²) in [4.78, 5) is 25.4. The van der Waals surface area contributed by atoms with Crippen molar-refractivity contribution in [3.63, 3.8) is 0 Å². The zero-order valence-corrected chi connectivity index (χ0v) is 13.0. The van der Waals surface area contributed by atoms with E-state index in [1.165, 1.54) is 7.11 Å². The van der Waals surface area contributed by atoms with Gasteiger partial charge in [-0.15, -0.1) is 0 Å². The van der Waals surface area contributed by atoms with Gasteiger partial charge in [-0.1, -0.05) is 6.07 Å². The number of ether oxygens (including phenoxy) is 2. The Kier molecular flexibility index (Phi) is 5.77. The molecule has 0 saturated carbocycles. The maximum absolute atomic E-state index is 11.8. The van der Waals surface area contributed by atoms with Crippen molar-refractivity contribution in [3.05, 3.63) is 29.8 Å². The van der Waals surface area contributed by atoms with Gasteiger partial charge < -0.3 is 14.8 Å². The van der Waals surface area contributed by atoms with Gasteiger partial charge in [0.15, 0.2) is 0 Å². The quantitative estimate of drug-likeness (QED) is 0.796. The van der Waals surface area contributed by atoms with E-state index >= 15 is 0 Å². The molecule has 1 atom stereocenters. The van der Waals surface area contributed by atoms with Crippen LogP contribution in [0, 0.1) is 0 Å². The van der Waals surface area contributed by atoms with Crippen LogP contribution in [-0.2, 0) is 9.53 Å². The monoisotopic (exact) mass is 306 g/mol. The van der Waals surface area contributed by atoms with Crippen LogP contribution >= 0.6 is 0 Å². The predicted octanol–water partition coefficient (Wildman–Crippen LogP) is 1.06. The van der Waals surface area contributed by atoms with Crippen molar-refractivity contribution in [3.8, 4) is 5.75 Å². The fourth-order valence-electron chi connectivity index (χ4n) is 2.67. The number of likely N-dealkylation sites (N-methyl/N-ethyl adjacent to an activating group) is 1. The third-order valence-corrected chi connectivity index (χ3v) is 3.82. The summed E-state index contributed by atoms with van der Waals surface area (Å²) in [5.74, 6) is 0.299. The molecule has 6 heteroatoms. The summed E-state index contributed by atoms with van der Waals surface area (Å²) in [5.41, 5.74) is 0.462. The molecule has 1 unspecified atom stereocenters. The van der Waals surface area contributed by atoms with E-state index in [0.717, 1.165) is 19.4 Å². The van der Waals surface area contributed by atoms with Gasteiger partial charge in [-0.25, -0.2) is 4.79 Å². The Morgan fingerprint density at radius 2 is 2.23 bits per heavy atom. The molecule has 0 bridgehead atoms. The predicted molar refractivity (Wildman–Crippen MR) is 81.9 cm³/mol. The number of hydrogen-bond acceptors (Lipinski definition) is 5. The van der Waals surface area contributed by atoms with Crippen molar-refractivity contribution in [2.75, 3.05) is 33.9 Å². The van der Waals surface area contributed by atoms with Crippen molar-refractivity contribution in [1.29, 1.82) is 0 Å².